The van der Waals surface area contributed by atoms with Crippen LogP contribution in [0.5, 0.6) is 5.75 Å². The van der Waals surface area contributed by atoms with E-state index in [-0.39, 0.29) is 5.75 Å². The van der Waals surface area contributed by atoms with Gasteiger partial charge in [0.05, 0.1) is 5.56 Å². The predicted molar refractivity (Wildman–Crippen MR) is 72.2 cm³/mol. The summed E-state index contributed by atoms with van der Waals surface area (Å²) in [5.41, 5.74) is 0.545. The number of aromatic hydroxyl groups is 1. The Morgan fingerprint density at radius 2 is 2.00 bits per heavy atom. The first-order valence-electron chi connectivity index (χ1n) is 5.32. The molecule has 0 atom stereocenters. The third-order valence-corrected chi connectivity index (χ3v) is 3.13. The lowest BCUT2D eigenvalue weighted by Gasteiger charge is -2.06. The standard InChI is InChI=1S/C12H10N4OS/c13-16-11(14-15-12(16)18)9-6-5-7-3-1-2-4-8(7)10(9)17/h1-6,17H,13H2,(H,15,18). The Bertz CT molecular complexity index is 790. The van der Waals surface area contributed by atoms with Crippen LogP contribution in [-0.4, -0.2) is 20.0 Å². The van der Waals surface area contributed by atoms with Gasteiger partial charge in [0.25, 0.3) is 0 Å². The number of nitrogen functional groups attached to an aromatic ring is 1. The molecule has 0 spiro atoms. The van der Waals surface area contributed by atoms with Gasteiger partial charge in [0.2, 0.25) is 4.77 Å². The zero-order valence-electron chi connectivity index (χ0n) is 9.29. The van der Waals surface area contributed by atoms with Crippen molar-refractivity contribution in [2.75, 3.05) is 5.84 Å². The lowest BCUT2D eigenvalue weighted by molar-refractivity contribution is 0.483. The van der Waals surface area contributed by atoms with E-state index < -0.39 is 0 Å². The number of nitrogens with two attached hydrogens (primary N) is 1. The van der Waals surface area contributed by atoms with Crippen molar-refractivity contribution in [1.29, 1.82) is 0 Å². The smallest absolute Gasteiger partial charge is 0.214 e. The van der Waals surface area contributed by atoms with Gasteiger partial charge in [0.1, 0.15) is 5.75 Å². The second kappa shape index (κ2) is 3.85. The van der Waals surface area contributed by atoms with Crippen LogP contribution in [0, 0.1) is 4.77 Å². The van der Waals surface area contributed by atoms with Crippen molar-refractivity contribution in [2.24, 2.45) is 0 Å². The Labute approximate surface area is 107 Å². The minimum atomic E-state index is 0.147. The number of hydrogen-bond donors (Lipinski definition) is 3. The number of aromatic nitrogens is 3. The van der Waals surface area contributed by atoms with Gasteiger partial charge in [0.15, 0.2) is 5.82 Å². The van der Waals surface area contributed by atoms with Crippen molar-refractivity contribution in [1.82, 2.24) is 14.9 Å². The lowest BCUT2D eigenvalue weighted by Crippen LogP contribution is -2.09. The molecule has 1 heterocycles. The van der Waals surface area contributed by atoms with E-state index in [0.29, 0.717) is 16.2 Å². The fraction of sp³-hybridized carbons (Fsp3) is 0. The first-order chi connectivity index (χ1) is 8.68. The van der Waals surface area contributed by atoms with Crippen LogP contribution >= 0.6 is 12.2 Å². The van der Waals surface area contributed by atoms with Crippen LogP contribution < -0.4 is 5.84 Å². The highest BCUT2D eigenvalue weighted by molar-refractivity contribution is 7.71. The molecule has 5 nitrogen and oxygen atoms in total. The molecule has 0 saturated carbocycles. The number of H-pyrrole nitrogens is 1. The van der Waals surface area contributed by atoms with Crippen LogP contribution in [0.2, 0.25) is 0 Å². The normalized spacial score (nSPS) is 10.9. The van der Waals surface area contributed by atoms with E-state index in [1.54, 1.807) is 6.07 Å². The maximum absolute atomic E-state index is 10.3. The minimum absolute atomic E-state index is 0.147. The molecule has 6 heteroatoms. The summed E-state index contributed by atoms with van der Waals surface area (Å²) in [5.74, 6) is 6.31. The Morgan fingerprint density at radius 3 is 2.72 bits per heavy atom. The summed E-state index contributed by atoms with van der Waals surface area (Å²) >= 11 is 4.95. The Hall–Kier alpha value is -2.34. The molecule has 0 radical (unpaired) electrons. The number of benzene rings is 2. The molecule has 1 aromatic heterocycles. The van der Waals surface area contributed by atoms with Crippen molar-refractivity contribution in [3.8, 4) is 17.1 Å². The quantitative estimate of drug-likeness (QED) is 0.461. The summed E-state index contributed by atoms with van der Waals surface area (Å²) in [6.07, 6.45) is 0. The highest BCUT2D eigenvalue weighted by Crippen LogP contribution is 2.34. The van der Waals surface area contributed by atoms with Gasteiger partial charge in [0, 0.05) is 5.39 Å². The van der Waals surface area contributed by atoms with Crippen LogP contribution in [-0.2, 0) is 0 Å². The topological polar surface area (TPSA) is 79.9 Å². The molecule has 3 aromatic rings. The van der Waals surface area contributed by atoms with E-state index >= 15 is 0 Å². The number of nitrogens with zero attached hydrogens (tertiary/aromatic N) is 2. The maximum atomic E-state index is 10.3. The molecule has 0 aliphatic carbocycles. The molecule has 0 aliphatic heterocycles. The average molecular weight is 258 g/mol. The van der Waals surface area contributed by atoms with Crippen LogP contribution in [0.3, 0.4) is 0 Å². The molecular weight excluding hydrogens is 248 g/mol. The van der Waals surface area contributed by atoms with E-state index in [4.69, 9.17) is 18.1 Å². The number of aromatic amines is 1. The third kappa shape index (κ3) is 1.46. The largest absolute Gasteiger partial charge is 0.507 e. The van der Waals surface area contributed by atoms with Gasteiger partial charge in [-0.3, -0.25) is 0 Å². The summed E-state index contributed by atoms with van der Waals surface area (Å²) < 4.78 is 1.54. The van der Waals surface area contributed by atoms with Crippen LogP contribution in [0.25, 0.3) is 22.2 Å². The van der Waals surface area contributed by atoms with Gasteiger partial charge < -0.3 is 10.9 Å². The second-order valence-corrected chi connectivity index (χ2v) is 4.29. The highest BCUT2D eigenvalue weighted by Gasteiger charge is 2.13. The summed E-state index contributed by atoms with van der Waals surface area (Å²) in [6, 6.07) is 11.2. The Kier molecular flexibility index (Phi) is 2.31. The van der Waals surface area contributed by atoms with E-state index in [2.05, 4.69) is 10.2 Å². The first kappa shape index (κ1) is 10.8. The molecule has 0 bridgehead atoms. The number of phenolic OH excluding ortho intramolecular Hbond substituents is 1. The van der Waals surface area contributed by atoms with Crippen molar-refractivity contribution in [2.45, 2.75) is 0 Å². The van der Waals surface area contributed by atoms with Gasteiger partial charge in [-0.1, -0.05) is 30.3 Å². The molecule has 0 amide bonds. The number of fused-ring (bicyclic) bond motifs is 1. The summed E-state index contributed by atoms with van der Waals surface area (Å²) in [5, 5.41) is 18.6. The Morgan fingerprint density at radius 1 is 1.22 bits per heavy atom. The third-order valence-electron chi connectivity index (χ3n) is 2.85. The molecule has 0 fully saturated rings. The summed E-state index contributed by atoms with van der Waals surface area (Å²) in [6.45, 7) is 0. The van der Waals surface area contributed by atoms with Crippen molar-refractivity contribution >= 4 is 23.0 Å². The molecular formula is C12H10N4OS. The number of phenols is 1. The van der Waals surface area contributed by atoms with Gasteiger partial charge in [-0.15, -0.1) is 0 Å². The van der Waals surface area contributed by atoms with Crippen LogP contribution in [0.15, 0.2) is 36.4 Å². The fourth-order valence-electron chi connectivity index (χ4n) is 1.93. The molecule has 0 saturated heterocycles. The summed E-state index contributed by atoms with van der Waals surface area (Å²) in [4.78, 5) is 0. The predicted octanol–water partition coefficient (Wildman–Crippen LogP) is 2.18. The van der Waals surface area contributed by atoms with Crippen molar-refractivity contribution in [3.05, 3.63) is 41.2 Å². The molecule has 90 valence electrons. The van der Waals surface area contributed by atoms with E-state index in [0.717, 1.165) is 10.8 Å². The van der Waals surface area contributed by atoms with E-state index in [1.165, 1.54) is 4.68 Å². The number of nitrogens with one attached hydrogen (secondary N) is 1. The number of rotatable bonds is 1. The van der Waals surface area contributed by atoms with Crippen LogP contribution in [0.1, 0.15) is 0 Å². The zero-order valence-corrected chi connectivity index (χ0v) is 10.1. The van der Waals surface area contributed by atoms with Gasteiger partial charge in [-0.05, 0) is 23.7 Å². The van der Waals surface area contributed by atoms with Crippen molar-refractivity contribution in [3.63, 3.8) is 0 Å². The maximum Gasteiger partial charge on any atom is 0.214 e. The average Bonchev–Trinajstić information content (AvgIpc) is 2.71. The zero-order chi connectivity index (χ0) is 12.7. The first-order valence-corrected chi connectivity index (χ1v) is 5.73. The van der Waals surface area contributed by atoms with Gasteiger partial charge >= 0.3 is 0 Å². The second-order valence-electron chi connectivity index (χ2n) is 3.91. The van der Waals surface area contributed by atoms with Gasteiger partial charge in [-0.2, -0.15) is 5.10 Å². The molecule has 0 aliphatic rings. The lowest BCUT2D eigenvalue weighted by atomic mass is 10.1. The van der Waals surface area contributed by atoms with E-state index in [9.17, 15) is 5.11 Å². The molecule has 3 rings (SSSR count). The van der Waals surface area contributed by atoms with Crippen molar-refractivity contribution < 1.29 is 5.11 Å². The van der Waals surface area contributed by atoms with Crippen LogP contribution in [0.4, 0.5) is 0 Å². The monoisotopic (exact) mass is 258 g/mol. The minimum Gasteiger partial charge on any atom is -0.507 e. The van der Waals surface area contributed by atoms with E-state index in [1.807, 2.05) is 30.3 Å². The highest BCUT2D eigenvalue weighted by atomic mass is 32.1. The molecule has 18 heavy (non-hydrogen) atoms. The molecule has 4 N–H and O–H groups in total. The number of hydrogen-bond acceptors (Lipinski definition) is 4. The Balaban J connectivity index is 2.34. The van der Waals surface area contributed by atoms with Gasteiger partial charge in [-0.25, -0.2) is 9.77 Å². The summed E-state index contributed by atoms with van der Waals surface area (Å²) in [7, 11) is 0. The molecule has 2 aromatic carbocycles. The molecule has 0 unspecified atom stereocenters. The fourth-order valence-corrected chi connectivity index (χ4v) is 2.06. The SMILES string of the molecule is Nn1c(-c2ccc3ccccc3c2O)n[nH]c1=S.